The number of hydrogen-bond acceptors (Lipinski definition) is 3. The maximum absolute atomic E-state index is 11.7. The number of amides is 1. The largest absolute Gasteiger partial charge is 0.464 e. The molecule has 0 bridgehead atoms. The zero-order valence-electron chi connectivity index (χ0n) is 13.9. The highest BCUT2D eigenvalue weighted by molar-refractivity contribution is 5.85. The molecular weight excluding hydrogens is 278 g/mol. The highest BCUT2D eigenvalue weighted by atomic mass is 16.5. The van der Waals surface area contributed by atoms with E-state index in [1.165, 1.54) is 44.9 Å². The van der Waals surface area contributed by atoms with Gasteiger partial charge >= 0.3 is 5.97 Å². The molecule has 22 heavy (non-hydrogen) atoms. The Labute approximate surface area is 134 Å². The van der Waals surface area contributed by atoms with Crippen LogP contribution in [-0.2, 0) is 14.3 Å². The van der Waals surface area contributed by atoms with E-state index in [-0.39, 0.29) is 11.9 Å². The summed E-state index contributed by atoms with van der Waals surface area (Å²) in [5.74, 6) is -0.317. The Balaban J connectivity index is 1.87. The Morgan fingerprint density at radius 1 is 1.14 bits per heavy atom. The van der Waals surface area contributed by atoms with Gasteiger partial charge in [-0.3, -0.25) is 4.79 Å². The lowest BCUT2D eigenvalue weighted by Gasteiger charge is -2.08. The van der Waals surface area contributed by atoms with Gasteiger partial charge in [0, 0.05) is 12.8 Å². The number of esters is 1. The predicted octanol–water partition coefficient (Wildman–Crippen LogP) is 3.90. The SMILES string of the molecule is CCCC/C=C/CCCCCCCC(=O)N[C@H]1CCOC1=O. The average molecular weight is 309 g/mol. The molecule has 0 spiro atoms. The number of carbonyl (C=O) groups excluding carboxylic acids is 2. The summed E-state index contributed by atoms with van der Waals surface area (Å²) in [6.07, 6.45) is 16.3. The molecule has 0 aromatic rings. The van der Waals surface area contributed by atoms with E-state index in [0.717, 1.165) is 12.8 Å². The topological polar surface area (TPSA) is 55.4 Å². The number of cyclic esters (lactones) is 1. The minimum atomic E-state index is -0.410. The first-order valence-electron chi connectivity index (χ1n) is 8.85. The van der Waals surface area contributed by atoms with E-state index in [1.807, 2.05) is 0 Å². The molecule has 4 heteroatoms. The number of allylic oxidation sites excluding steroid dienone is 2. The summed E-state index contributed by atoms with van der Waals surface area (Å²) in [6, 6.07) is -0.410. The van der Waals surface area contributed by atoms with Crippen LogP contribution in [-0.4, -0.2) is 24.5 Å². The second-order valence-corrected chi connectivity index (χ2v) is 6.00. The van der Waals surface area contributed by atoms with Gasteiger partial charge in [-0.2, -0.15) is 0 Å². The predicted molar refractivity (Wildman–Crippen MR) is 88.5 cm³/mol. The van der Waals surface area contributed by atoms with Gasteiger partial charge in [-0.25, -0.2) is 4.79 Å². The molecule has 1 N–H and O–H groups in total. The van der Waals surface area contributed by atoms with Crippen LogP contribution in [0.25, 0.3) is 0 Å². The van der Waals surface area contributed by atoms with Gasteiger partial charge < -0.3 is 10.1 Å². The Kier molecular flexibility index (Phi) is 10.4. The van der Waals surface area contributed by atoms with Crippen LogP contribution in [0.5, 0.6) is 0 Å². The number of rotatable bonds is 12. The van der Waals surface area contributed by atoms with Crippen molar-refractivity contribution in [1.29, 1.82) is 0 Å². The van der Waals surface area contributed by atoms with E-state index in [1.54, 1.807) is 0 Å². The van der Waals surface area contributed by atoms with Gasteiger partial charge in [0.25, 0.3) is 0 Å². The zero-order valence-corrected chi connectivity index (χ0v) is 13.9. The van der Waals surface area contributed by atoms with Crippen LogP contribution in [0.4, 0.5) is 0 Å². The summed E-state index contributed by atoms with van der Waals surface area (Å²) >= 11 is 0. The highest BCUT2D eigenvalue weighted by Crippen LogP contribution is 2.10. The Hall–Kier alpha value is -1.32. The molecule has 1 heterocycles. The van der Waals surface area contributed by atoms with Crippen molar-refractivity contribution < 1.29 is 14.3 Å². The van der Waals surface area contributed by atoms with Crippen molar-refractivity contribution in [3.8, 4) is 0 Å². The van der Waals surface area contributed by atoms with E-state index in [4.69, 9.17) is 4.74 Å². The number of nitrogens with one attached hydrogen (secondary N) is 1. The minimum Gasteiger partial charge on any atom is -0.464 e. The van der Waals surface area contributed by atoms with Gasteiger partial charge in [-0.15, -0.1) is 0 Å². The van der Waals surface area contributed by atoms with Crippen LogP contribution in [0, 0.1) is 0 Å². The van der Waals surface area contributed by atoms with Gasteiger partial charge in [-0.05, 0) is 25.7 Å². The molecule has 0 radical (unpaired) electrons. The molecule has 1 atom stereocenters. The molecule has 4 nitrogen and oxygen atoms in total. The third-order valence-corrected chi connectivity index (χ3v) is 3.94. The lowest BCUT2D eigenvalue weighted by molar-refractivity contribution is -0.141. The van der Waals surface area contributed by atoms with E-state index in [0.29, 0.717) is 19.4 Å². The Morgan fingerprint density at radius 2 is 1.82 bits per heavy atom. The molecule has 0 saturated carbocycles. The van der Waals surface area contributed by atoms with Crippen molar-refractivity contribution in [2.45, 2.75) is 83.6 Å². The third kappa shape index (κ3) is 8.85. The summed E-state index contributed by atoms with van der Waals surface area (Å²) in [4.78, 5) is 22.9. The summed E-state index contributed by atoms with van der Waals surface area (Å²) in [5, 5.41) is 2.74. The lowest BCUT2D eigenvalue weighted by atomic mass is 10.1. The van der Waals surface area contributed by atoms with E-state index < -0.39 is 6.04 Å². The van der Waals surface area contributed by atoms with Crippen LogP contribution < -0.4 is 5.32 Å². The molecule has 1 fully saturated rings. The van der Waals surface area contributed by atoms with Crippen LogP contribution in [0.2, 0.25) is 0 Å². The first-order valence-corrected chi connectivity index (χ1v) is 8.85. The number of unbranched alkanes of at least 4 members (excludes halogenated alkanes) is 7. The molecule has 0 aromatic heterocycles. The lowest BCUT2D eigenvalue weighted by Crippen LogP contribution is -2.37. The van der Waals surface area contributed by atoms with Crippen molar-refractivity contribution >= 4 is 11.9 Å². The van der Waals surface area contributed by atoms with Crippen molar-refractivity contribution in [2.75, 3.05) is 6.61 Å². The smallest absolute Gasteiger partial charge is 0.328 e. The first kappa shape index (κ1) is 18.7. The van der Waals surface area contributed by atoms with Crippen molar-refractivity contribution in [3.63, 3.8) is 0 Å². The first-order chi connectivity index (χ1) is 10.7. The van der Waals surface area contributed by atoms with E-state index in [2.05, 4.69) is 24.4 Å². The van der Waals surface area contributed by atoms with Gasteiger partial charge in [0.2, 0.25) is 5.91 Å². The monoisotopic (exact) mass is 309 g/mol. The van der Waals surface area contributed by atoms with Gasteiger partial charge in [0.15, 0.2) is 0 Å². The average Bonchev–Trinajstić information content (AvgIpc) is 2.90. The van der Waals surface area contributed by atoms with Crippen molar-refractivity contribution in [1.82, 2.24) is 5.32 Å². The summed E-state index contributed by atoms with van der Waals surface area (Å²) in [6.45, 7) is 2.64. The Bertz CT molecular complexity index is 352. The fourth-order valence-electron chi connectivity index (χ4n) is 2.53. The quantitative estimate of drug-likeness (QED) is 0.338. The van der Waals surface area contributed by atoms with Crippen molar-refractivity contribution in [2.24, 2.45) is 0 Å². The maximum Gasteiger partial charge on any atom is 0.328 e. The normalized spacial score (nSPS) is 17.9. The summed E-state index contributed by atoms with van der Waals surface area (Å²) < 4.78 is 4.82. The van der Waals surface area contributed by atoms with Crippen LogP contribution in [0.1, 0.15) is 77.6 Å². The van der Waals surface area contributed by atoms with Crippen molar-refractivity contribution in [3.05, 3.63) is 12.2 Å². The van der Waals surface area contributed by atoms with Crippen LogP contribution in [0.3, 0.4) is 0 Å². The van der Waals surface area contributed by atoms with E-state index >= 15 is 0 Å². The van der Waals surface area contributed by atoms with Gasteiger partial charge in [-0.1, -0.05) is 51.2 Å². The second-order valence-electron chi connectivity index (χ2n) is 6.00. The fraction of sp³-hybridized carbons (Fsp3) is 0.778. The third-order valence-electron chi connectivity index (χ3n) is 3.94. The molecule has 0 aliphatic carbocycles. The highest BCUT2D eigenvalue weighted by Gasteiger charge is 2.27. The van der Waals surface area contributed by atoms with E-state index in [9.17, 15) is 9.59 Å². The molecule has 1 rings (SSSR count). The number of ether oxygens (including phenoxy) is 1. The fourth-order valence-corrected chi connectivity index (χ4v) is 2.53. The molecule has 1 aliphatic rings. The molecule has 1 amide bonds. The second kappa shape index (κ2) is 12.2. The molecular formula is C18H31NO3. The van der Waals surface area contributed by atoms with Gasteiger partial charge in [0.05, 0.1) is 6.61 Å². The standard InChI is InChI=1S/C18H31NO3/c1-2-3-4-5-6-7-8-9-10-11-12-13-17(20)19-16-14-15-22-18(16)21/h5-6,16H,2-4,7-15H2,1H3,(H,19,20)/b6-5+/t16-/m0/s1. The summed E-state index contributed by atoms with van der Waals surface area (Å²) in [5.41, 5.74) is 0. The molecule has 0 aromatic carbocycles. The summed E-state index contributed by atoms with van der Waals surface area (Å²) in [7, 11) is 0. The van der Waals surface area contributed by atoms with Gasteiger partial charge in [0.1, 0.15) is 6.04 Å². The number of carbonyl (C=O) groups is 2. The molecule has 1 aliphatic heterocycles. The van der Waals surface area contributed by atoms with Crippen LogP contribution in [0.15, 0.2) is 12.2 Å². The Morgan fingerprint density at radius 3 is 2.50 bits per heavy atom. The van der Waals surface area contributed by atoms with Crippen LogP contribution >= 0.6 is 0 Å². The zero-order chi connectivity index (χ0) is 16.0. The number of hydrogen-bond donors (Lipinski definition) is 1. The molecule has 0 unspecified atom stereocenters. The molecule has 126 valence electrons. The maximum atomic E-state index is 11.7. The minimum absolute atomic E-state index is 0.0253. The molecule has 1 saturated heterocycles.